The van der Waals surface area contributed by atoms with Crippen LogP contribution in [-0.2, 0) is 6.54 Å². The fraction of sp³-hybridized carbons (Fsp3) is 0.150. The fourth-order valence-corrected chi connectivity index (χ4v) is 2.93. The van der Waals surface area contributed by atoms with Gasteiger partial charge in [-0.05, 0) is 31.0 Å². The first-order valence-corrected chi connectivity index (χ1v) is 8.46. The van der Waals surface area contributed by atoms with Crippen molar-refractivity contribution < 1.29 is 0 Å². The first kappa shape index (κ1) is 16.1. The van der Waals surface area contributed by atoms with Gasteiger partial charge < -0.3 is 10.3 Å². The number of aromatic amines is 1. The van der Waals surface area contributed by atoms with Crippen molar-refractivity contribution >= 4 is 11.5 Å². The molecule has 0 saturated carbocycles. The highest BCUT2D eigenvalue weighted by Gasteiger charge is 2.11. The third-order valence-electron chi connectivity index (χ3n) is 4.39. The molecule has 130 valence electrons. The van der Waals surface area contributed by atoms with Crippen LogP contribution in [0.4, 0.5) is 5.69 Å². The zero-order valence-corrected chi connectivity index (χ0v) is 14.7. The normalized spacial score (nSPS) is 11.0. The highest BCUT2D eigenvalue weighted by atomic mass is 16.1. The average molecular weight is 345 g/mol. The number of benzene rings is 2. The molecule has 0 unspecified atom stereocenters. The molecule has 2 N–H and O–H groups in total. The van der Waals surface area contributed by atoms with E-state index in [4.69, 9.17) is 0 Å². The van der Waals surface area contributed by atoms with E-state index in [2.05, 4.69) is 20.4 Å². The molecule has 0 fully saturated rings. The lowest BCUT2D eigenvalue weighted by molar-refractivity contribution is 0.878. The Morgan fingerprint density at radius 3 is 2.54 bits per heavy atom. The zero-order valence-electron chi connectivity index (χ0n) is 14.7. The summed E-state index contributed by atoms with van der Waals surface area (Å²) in [6.45, 7) is 4.55. The van der Waals surface area contributed by atoms with Crippen LogP contribution in [0.3, 0.4) is 0 Å². The Kier molecular flexibility index (Phi) is 4.01. The van der Waals surface area contributed by atoms with Crippen molar-refractivity contribution in [1.82, 2.24) is 19.6 Å². The molecule has 0 spiro atoms. The van der Waals surface area contributed by atoms with Crippen molar-refractivity contribution in [2.75, 3.05) is 5.32 Å². The molecular weight excluding hydrogens is 326 g/mol. The molecule has 0 aliphatic carbocycles. The minimum atomic E-state index is -0.201. The van der Waals surface area contributed by atoms with Gasteiger partial charge in [-0.2, -0.15) is 9.50 Å². The standard InChI is InChI=1S/C20H19N5O/c1-13-7-3-5-9-16(13)19-23-20-22-15(11-18(26)25(20)24-19)12-21-17-10-6-4-8-14(17)2/h3-11,21H,12H2,1-2H3,(H,22,23,24). The lowest BCUT2D eigenvalue weighted by Crippen LogP contribution is -2.17. The van der Waals surface area contributed by atoms with Gasteiger partial charge in [-0.15, -0.1) is 5.10 Å². The predicted octanol–water partition coefficient (Wildman–Crippen LogP) is 3.31. The van der Waals surface area contributed by atoms with E-state index in [1.807, 2.05) is 62.4 Å². The van der Waals surface area contributed by atoms with Crippen LogP contribution in [0.25, 0.3) is 17.2 Å². The average Bonchev–Trinajstić information content (AvgIpc) is 3.06. The van der Waals surface area contributed by atoms with Gasteiger partial charge in [0, 0.05) is 23.0 Å². The molecule has 0 amide bonds. The van der Waals surface area contributed by atoms with Gasteiger partial charge >= 0.3 is 0 Å². The minimum Gasteiger partial charge on any atom is -0.379 e. The second kappa shape index (κ2) is 6.48. The number of hydrogen-bond acceptors (Lipinski definition) is 4. The van der Waals surface area contributed by atoms with E-state index in [9.17, 15) is 4.79 Å². The number of aromatic nitrogens is 4. The molecular formula is C20H19N5O. The third kappa shape index (κ3) is 2.97. The molecule has 2 heterocycles. The number of H-pyrrole nitrogens is 1. The quantitative estimate of drug-likeness (QED) is 0.595. The maximum absolute atomic E-state index is 12.4. The summed E-state index contributed by atoms with van der Waals surface area (Å²) >= 11 is 0. The van der Waals surface area contributed by atoms with Gasteiger partial charge in [0.15, 0.2) is 5.82 Å². The Morgan fingerprint density at radius 1 is 1.04 bits per heavy atom. The summed E-state index contributed by atoms with van der Waals surface area (Å²) in [6.07, 6.45) is 0. The second-order valence-electron chi connectivity index (χ2n) is 6.29. The summed E-state index contributed by atoms with van der Waals surface area (Å²) in [5, 5.41) is 7.70. The van der Waals surface area contributed by atoms with Gasteiger partial charge in [0.05, 0.1) is 6.54 Å². The fourth-order valence-electron chi connectivity index (χ4n) is 2.93. The molecule has 4 rings (SSSR count). The lowest BCUT2D eigenvalue weighted by atomic mass is 10.1. The number of anilines is 1. The van der Waals surface area contributed by atoms with E-state index >= 15 is 0 Å². The molecule has 26 heavy (non-hydrogen) atoms. The van der Waals surface area contributed by atoms with Gasteiger partial charge in [-0.1, -0.05) is 42.5 Å². The Hall–Kier alpha value is -3.41. The minimum absolute atomic E-state index is 0.201. The lowest BCUT2D eigenvalue weighted by Gasteiger charge is -2.09. The number of nitrogens with one attached hydrogen (secondary N) is 2. The first-order chi connectivity index (χ1) is 12.6. The van der Waals surface area contributed by atoms with Crippen LogP contribution >= 0.6 is 0 Å². The van der Waals surface area contributed by atoms with Crippen LogP contribution in [0, 0.1) is 13.8 Å². The maximum atomic E-state index is 12.4. The van der Waals surface area contributed by atoms with Crippen molar-refractivity contribution in [2.45, 2.75) is 20.4 Å². The van der Waals surface area contributed by atoms with Gasteiger partial charge in [-0.25, -0.2) is 0 Å². The Morgan fingerprint density at radius 2 is 1.77 bits per heavy atom. The van der Waals surface area contributed by atoms with Crippen molar-refractivity contribution in [3.8, 4) is 11.4 Å². The molecule has 2 aromatic heterocycles. The van der Waals surface area contributed by atoms with E-state index in [-0.39, 0.29) is 5.56 Å². The Balaban J connectivity index is 1.67. The van der Waals surface area contributed by atoms with Crippen LogP contribution in [0.15, 0.2) is 59.4 Å². The van der Waals surface area contributed by atoms with Gasteiger partial charge in [0.25, 0.3) is 5.56 Å². The molecule has 0 aliphatic rings. The van der Waals surface area contributed by atoms with E-state index in [0.29, 0.717) is 18.1 Å². The molecule has 6 heteroatoms. The monoisotopic (exact) mass is 345 g/mol. The highest BCUT2D eigenvalue weighted by molar-refractivity contribution is 5.61. The van der Waals surface area contributed by atoms with Crippen molar-refractivity contribution in [1.29, 1.82) is 0 Å². The molecule has 2 aromatic carbocycles. The summed E-state index contributed by atoms with van der Waals surface area (Å²) in [7, 11) is 0. The summed E-state index contributed by atoms with van der Waals surface area (Å²) in [6, 6.07) is 17.4. The first-order valence-electron chi connectivity index (χ1n) is 8.46. The molecule has 4 aromatic rings. The number of rotatable bonds is 4. The largest absolute Gasteiger partial charge is 0.379 e. The van der Waals surface area contributed by atoms with Gasteiger partial charge in [0.2, 0.25) is 5.78 Å². The van der Waals surface area contributed by atoms with Crippen LogP contribution < -0.4 is 10.9 Å². The molecule has 0 aliphatic heterocycles. The van der Waals surface area contributed by atoms with Crippen molar-refractivity contribution in [3.05, 3.63) is 81.8 Å². The molecule has 6 nitrogen and oxygen atoms in total. The molecule has 0 saturated heterocycles. The number of fused-ring (bicyclic) bond motifs is 1. The van der Waals surface area contributed by atoms with E-state index < -0.39 is 0 Å². The van der Waals surface area contributed by atoms with E-state index in [1.165, 1.54) is 4.52 Å². The predicted molar refractivity (Wildman–Crippen MR) is 102 cm³/mol. The summed E-state index contributed by atoms with van der Waals surface area (Å²) in [5.41, 5.74) is 4.73. The topological polar surface area (TPSA) is 75.1 Å². The van der Waals surface area contributed by atoms with Crippen LogP contribution in [0.5, 0.6) is 0 Å². The number of para-hydroxylation sites is 1. The molecule has 0 bridgehead atoms. The number of aryl methyl sites for hydroxylation is 2. The SMILES string of the molecule is Cc1ccccc1NCc1cc(=O)n2nc(-c3ccccc3C)nc2[nH]1. The summed E-state index contributed by atoms with van der Waals surface area (Å²) in [5.74, 6) is 0.984. The Labute approximate surface area is 150 Å². The number of hydrogen-bond donors (Lipinski definition) is 2. The maximum Gasteiger partial charge on any atom is 0.275 e. The summed E-state index contributed by atoms with van der Waals surface area (Å²) < 4.78 is 1.30. The number of nitrogens with zero attached hydrogens (tertiary/aromatic N) is 3. The van der Waals surface area contributed by atoms with Gasteiger partial charge in [0.1, 0.15) is 0 Å². The molecule has 0 atom stereocenters. The molecule has 0 radical (unpaired) electrons. The van der Waals surface area contributed by atoms with E-state index in [0.717, 1.165) is 28.1 Å². The smallest absolute Gasteiger partial charge is 0.275 e. The van der Waals surface area contributed by atoms with E-state index in [1.54, 1.807) is 6.07 Å². The van der Waals surface area contributed by atoms with Crippen LogP contribution in [0.2, 0.25) is 0 Å². The van der Waals surface area contributed by atoms with Gasteiger partial charge in [-0.3, -0.25) is 4.79 Å². The third-order valence-corrected chi connectivity index (χ3v) is 4.39. The van der Waals surface area contributed by atoms with Crippen molar-refractivity contribution in [2.24, 2.45) is 0 Å². The summed E-state index contributed by atoms with van der Waals surface area (Å²) in [4.78, 5) is 20.1. The Bertz CT molecular complexity index is 1140. The zero-order chi connectivity index (χ0) is 18.1. The van der Waals surface area contributed by atoms with Crippen molar-refractivity contribution in [3.63, 3.8) is 0 Å². The van der Waals surface area contributed by atoms with Crippen LogP contribution in [0.1, 0.15) is 16.8 Å². The highest BCUT2D eigenvalue weighted by Crippen LogP contribution is 2.19. The van der Waals surface area contributed by atoms with Crippen LogP contribution in [-0.4, -0.2) is 19.6 Å². The second-order valence-corrected chi connectivity index (χ2v) is 6.29.